The molecule has 1 N–H and O–H groups in total. The van der Waals surface area contributed by atoms with Crippen molar-refractivity contribution < 1.29 is 14.4 Å². The third kappa shape index (κ3) is 2.19. The summed E-state index contributed by atoms with van der Waals surface area (Å²) in [6.45, 7) is 0. The number of aromatic carboxylic acids is 1. The Morgan fingerprint density at radius 1 is 1.13 bits per heavy atom. The minimum Gasteiger partial charge on any atom is -0.478 e. The summed E-state index contributed by atoms with van der Waals surface area (Å²) in [5, 5.41) is 14.7. The predicted molar refractivity (Wildman–Crippen MR) is 89.4 cm³/mol. The van der Waals surface area contributed by atoms with E-state index in [1.807, 2.05) is 30.3 Å². The quantitative estimate of drug-likeness (QED) is 0.563. The number of hydrogen-bond acceptors (Lipinski definition) is 4. The predicted octanol–water partition coefficient (Wildman–Crippen LogP) is 4.50. The highest BCUT2D eigenvalue weighted by Gasteiger charge is 2.23. The molecular formula is C17H9BrN2O3. The molecule has 23 heavy (non-hydrogen) atoms. The van der Waals surface area contributed by atoms with Crippen LogP contribution < -0.4 is 0 Å². The summed E-state index contributed by atoms with van der Waals surface area (Å²) < 4.78 is 6.08. The minimum absolute atomic E-state index is 0.145. The van der Waals surface area contributed by atoms with Crippen LogP contribution in [0.2, 0.25) is 0 Å². The Hall–Kier alpha value is -2.73. The molecule has 4 aromatic rings. The van der Waals surface area contributed by atoms with Crippen LogP contribution in [0.3, 0.4) is 0 Å². The number of carboxylic acids is 1. The number of nitrogens with zero attached hydrogens (tertiary/aromatic N) is 2. The Labute approximate surface area is 138 Å². The van der Waals surface area contributed by atoms with Crippen LogP contribution in [0.25, 0.3) is 33.3 Å². The van der Waals surface area contributed by atoms with E-state index >= 15 is 0 Å². The van der Waals surface area contributed by atoms with E-state index in [9.17, 15) is 9.90 Å². The van der Waals surface area contributed by atoms with Crippen LogP contribution >= 0.6 is 15.9 Å². The lowest BCUT2D eigenvalue weighted by Gasteiger charge is -2.05. The molecule has 0 radical (unpaired) electrons. The van der Waals surface area contributed by atoms with Crippen LogP contribution in [0.15, 0.2) is 57.5 Å². The number of pyridine rings is 1. The molecule has 0 aliphatic heterocycles. The molecule has 5 nitrogen and oxygen atoms in total. The molecule has 0 fully saturated rings. The maximum absolute atomic E-state index is 11.9. The van der Waals surface area contributed by atoms with Crippen molar-refractivity contribution in [1.82, 2.24) is 10.1 Å². The zero-order chi connectivity index (χ0) is 16.0. The molecular weight excluding hydrogens is 360 g/mol. The van der Waals surface area contributed by atoms with Gasteiger partial charge in [0.1, 0.15) is 5.69 Å². The maximum atomic E-state index is 11.9. The number of halogens is 1. The fourth-order valence-corrected chi connectivity index (χ4v) is 3.01. The van der Waals surface area contributed by atoms with Gasteiger partial charge in [-0.1, -0.05) is 51.4 Å². The highest BCUT2D eigenvalue weighted by molar-refractivity contribution is 9.10. The fourth-order valence-electron chi connectivity index (χ4n) is 2.65. The highest BCUT2D eigenvalue weighted by atomic mass is 79.9. The van der Waals surface area contributed by atoms with E-state index < -0.39 is 5.97 Å². The van der Waals surface area contributed by atoms with E-state index in [0.29, 0.717) is 22.0 Å². The molecule has 112 valence electrons. The van der Waals surface area contributed by atoms with Gasteiger partial charge in [-0.3, -0.25) is 0 Å². The second kappa shape index (κ2) is 5.17. The van der Waals surface area contributed by atoms with Gasteiger partial charge in [-0.2, -0.15) is 0 Å². The molecule has 0 aliphatic carbocycles. The molecule has 0 bridgehead atoms. The smallest absolute Gasteiger partial charge is 0.337 e. The first-order valence-electron chi connectivity index (χ1n) is 6.82. The van der Waals surface area contributed by atoms with Crippen LogP contribution in [-0.4, -0.2) is 21.2 Å². The largest absolute Gasteiger partial charge is 0.478 e. The number of carboxylic acid groups (broad SMARTS) is 1. The van der Waals surface area contributed by atoms with Crippen molar-refractivity contribution in [2.45, 2.75) is 0 Å². The maximum Gasteiger partial charge on any atom is 0.337 e. The van der Waals surface area contributed by atoms with Gasteiger partial charge in [0.05, 0.1) is 16.5 Å². The number of carbonyl (C=O) groups is 1. The lowest BCUT2D eigenvalue weighted by Crippen LogP contribution is -2.00. The molecule has 0 unspecified atom stereocenters. The molecule has 0 atom stereocenters. The molecule has 4 rings (SSSR count). The first-order chi connectivity index (χ1) is 11.1. The summed E-state index contributed by atoms with van der Waals surface area (Å²) in [6.07, 6.45) is 0. The van der Waals surface area contributed by atoms with E-state index in [4.69, 9.17) is 4.52 Å². The molecule has 0 amide bonds. The third-order valence-electron chi connectivity index (χ3n) is 3.64. The topological polar surface area (TPSA) is 76.2 Å². The Kier molecular flexibility index (Phi) is 3.12. The van der Waals surface area contributed by atoms with Crippen molar-refractivity contribution in [3.63, 3.8) is 0 Å². The van der Waals surface area contributed by atoms with Gasteiger partial charge in [0.15, 0.2) is 0 Å². The Bertz CT molecular complexity index is 1060. The van der Waals surface area contributed by atoms with E-state index in [1.54, 1.807) is 18.2 Å². The number of hydrogen-bond donors (Lipinski definition) is 1. The summed E-state index contributed by atoms with van der Waals surface area (Å²) in [5.74, 6) is -1.04. The molecule has 2 heterocycles. The van der Waals surface area contributed by atoms with Crippen LogP contribution in [0.5, 0.6) is 0 Å². The van der Waals surface area contributed by atoms with Crippen molar-refractivity contribution in [2.24, 2.45) is 0 Å². The summed E-state index contributed by atoms with van der Waals surface area (Å²) in [7, 11) is 0. The normalized spacial score (nSPS) is 11.2. The first kappa shape index (κ1) is 13.9. The number of fused-ring (bicyclic) bond motifs is 2. The molecule has 0 saturated heterocycles. The van der Waals surface area contributed by atoms with Gasteiger partial charge < -0.3 is 9.63 Å². The monoisotopic (exact) mass is 368 g/mol. The molecule has 0 spiro atoms. The van der Waals surface area contributed by atoms with Gasteiger partial charge in [0, 0.05) is 15.4 Å². The number of aromatic nitrogens is 2. The minimum atomic E-state index is -1.04. The van der Waals surface area contributed by atoms with Gasteiger partial charge in [-0.15, -0.1) is 0 Å². The zero-order valence-corrected chi connectivity index (χ0v) is 13.2. The summed E-state index contributed by atoms with van der Waals surface area (Å²) in [4.78, 5) is 16.3. The summed E-state index contributed by atoms with van der Waals surface area (Å²) in [5.41, 5.74) is 2.17. The van der Waals surface area contributed by atoms with Crippen LogP contribution in [0.4, 0.5) is 0 Å². The second-order valence-corrected chi connectivity index (χ2v) is 5.95. The van der Waals surface area contributed by atoms with Crippen LogP contribution in [-0.2, 0) is 0 Å². The zero-order valence-electron chi connectivity index (χ0n) is 11.7. The van der Waals surface area contributed by atoms with Crippen molar-refractivity contribution in [1.29, 1.82) is 0 Å². The van der Waals surface area contributed by atoms with E-state index in [1.165, 1.54) is 0 Å². The lowest BCUT2D eigenvalue weighted by atomic mass is 10.0. The van der Waals surface area contributed by atoms with Crippen molar-refractivity contribution in [3.8, 4) is 11.3 Å². The molecule has 2 aromatic carbocycles. The Balaban J connectivity index is 2.18. The molecule has 0 aliphatic rings. The fraction of sp³-hybridized carbons (Fsp3) is 0. The molecule has 2 aromatic heterocycles. The third-order valence-corrected chi connectivity index (χ3v) is 4.13. The Morgan fingerprint density at radius 2 is 1.91 bits per heavy atom. The van der Waals surface area contributed by atoms with E-state index in [2.05, 4.69) is 26.1 Å². The van der Waals surface area contributed by atoms with Crippen molar-refractivity contribution in [3.05, 3.63) is 58.6 Å². The average Bonchev–Trinajstić information content (AvgIpc) is 2.96. The van der Waals surface area contributed by atoms with Gasteiger partial charge in [-0.25, -0.2) is 9.78 Å². The lowest BCUT2D eigenvalue weighted by molar-refractivity contribution is 0.0701. The van der Waals surface area contributed by atoms with Crippen LogP contribution in [0, 0.1) is 0 Å². The number of benzene rings is 2. The molecule has 6 heteroatoms. The van der Waals surface area contributed by atoms with Gasteiger partial charge >= 0.3 is 5.97 Å². The van der Waals surface area contributed by atoms with Gasteiger partial charge in [-0.05, 0) is 18.2 Å². The molecule has 0 saturated carbocycles. The Morgan fingerprint density at radius 3 is 2.65 bits per heavy atom. The van der Waals surface area contributed by atoms with E-state index in [-0.39, 0.29) is 11.3 Å². The van der Waals surface area contributed by atoms with Crippen molar-refractivity contribution in [2.75, 3.05) is 0 Å². The summed E-state index contributed by atoms with van der Waals surface area (Å²) >= 11 is 3.37. The average molecular weight is 369 g/mol. The standard InChI is InChI=1S/C17H9BrN2O3/c18-10-6-7-12-11(8-10)13(17(21)22)14-15(20-23-16(14)19-12)9-4-2-1-3-5-9/h1-8H,(H,21,22). The van der Waals surface area contributed by atoms with E-state index in [0.717, 1.165) is 10.0 Å². The number of rotatable bonds is 2. The second-order valence-electron chi connectivity index (χ2n) is 5.03. The summed E-state index contributed by atoms with van der Waals surface area (Å²) in [6, 6.07) is 14.6. The van der Waals surface area contributed by atoms with Crippen molar-refractivity contribution >= 4 is 43.9 Å². The SMILES string of the molecule is O=C(O)c1c2cc(Br)ccc2nc2onc(-c3ccccc3)c12. The highest BCUT2D eigenvalue weighted by Crippen LogP contribution is 2.34. The van der Waals surface area contributed by atoms with Gasteiger partial charge in [0.25, 0.3) is 5.71 Å². The first-order valence-corrected chi connectivity index (χ1v) is 7.62. The van der Waals surface area contributed by atoms with Gasteiger partial charge in [0.2, 0.25) is 0 Å². The van der Waals surface area contributed by atoms with Crippen LogP contribution in [0.1, 0.15) is 10.4 Å².